The largest absolute Gasteiger partial charge is 0.489 e. The van der Waals surface area contributed by atoms with Gasteiger partial charge in [-0.05, 0) is 41.5 Å². The molecule has 4 aromatic rings. The Bertz CT molecular complexity index is 1330. The van der Waals surface area contributed by atoms with E-state index >= 15 is 0 Å². The number of alkyl halides is 3. The molecule has 4 rings (SSSR count). The molecule has 0 aliphatic heterocycles. The Morgan fingerprint density at radius 2 is 1.69 bits per heavy atom. The van der Waals surface area contributed by atoms with Gasteiger partial charge in [0.15, 0.2) is 0 Å². The fourth-order valence-corrected chi connectivity index (χ4v) is 3.36. The minimum atomic E-state index is -4.86. The van der Waals surface area contributed by atoms with Crippen LogP contribution >= 0.6 is 11.6 Å². The molecule has 0 aliphatic carbocycles. The van der Waals surface area contributed by atoms with Crippen molar-refractivity contribution in [3.8, 4) is 16.9 Å². The average Bonchev–Trinajstić information content (AvgIpc) is 2.77. The predicted octanol–water partition coefficient (Wildman–Crippen LogP) is 7.22. The lowest BCUT2D eigenvalue weighted by Crippen LogP contribution is -2.16. The van der Waals surface area contributed by atoms with Gasteiger partial charge < -0.3 is 9.15 Å². The van der Waals surface area contributed by atoms with Crippen LogP contribution in [0.1, 0.15) is 11.3 Å². The van der Waals surface area contributed by atoms with Crippen molar-refractivity contribution in [2.45, 2.75) is 6.18 Å². The van der Waals surface area contributed by atoms with Crippen LogP contribution in [0.2, 0.25) is 5.02 Å². The molecule has 0 radical (unpaired) electrons. The second kappa shape index (κ2) is 8.93. The van der Waals surface area contributed by atoms with Crippen LogP contribution in [0.4, 0.5) is 13.2 Å². The molecular weight excluding hydrogens is 441 g/mol. The molecule has 0 atom stereocenters. The lowest BCUT2D eigenvalue weighted by atomic mass is 10.0. The zero-order chi connectivity index (χ0) is 22.7. The summed E-state index contributed by atoms with van der Waals surface area (Å²) in [6.07, 6.45) is -1.22. The van der Waals surface area contributed by atoms with Crippen LogP contribution in [-0.4, -0.2) is 6.61 Å². The van der Waals surface area contributed by atoms with E-state index in [1.54, 1.807) is 6.08 Å². The zero-order valence-corrected chi connectivity index (χ0v) is 17.3. The highest BCUT2D eigenvalue weighted by molar-refractivity contribution is 6.30. The quantitative estimate of drug-likeness (QED) is 0.318. The second-order valence-corrected chi connectivity index (χ2v) is 7.36. The van der Waals surface area contributed by atoms with Crippen molar-refractivity contribution >= 4 is 28.6 Å². The van der Waals surface area contributed by atoms with Crippen molar-refractivity contribution in [2.75, 3.05) is 6.61 Å². The van der Waals surface area contributed by atoms with Gasteiger partial charge >= 0.3 is 6.18 Å². The van der Waals surface area contributed by atoms with Crippen LogP contribution in [0.15, 0.2) is 88.1 Å². The Hall–Kier alpha value is -3.51. The Labute approximate surface area is 186 Å². The van der Waals surface area contributed by atoms with Gasteiger partial charge in [0.2, 0.25) is 11.2 Å². The van der Waals surface area contributed by atoms with E-state index in [0.29, 0.717) is 5.02 Å². The molecule has 3 aromatic carbocycles. The highest BCUT2D eigenvalue weighted by atomic mass is 35.5. The van der Waals surface area contributed by atoms with E-state index in [-0.39, 0.29) is 28.9 Å². The maximum Gasteiger partial charge on any atom is 0.450 e. The smallest absolute Gasteiger partial charge is 0.450 e. The molecule has 162 valence electrons. The van der Waals surface area contributed by atoms with Crippen molar-refractivity contribution in [2.24, 2.45) is 0 Å². The molecule has 1 aromatic heterocycles. The predicted molar refractivity (Wildman–Crippen MR) is 119 cm³/mol. The fourth-order valence-electron chi connectivity index (χ4n) is 3.23. The van der Waals surface area contributed by atoms with Gasteiger partial charge in [-0.2, -0.15) is 13.2 Å². The third-order valence-corrected chi connectivity index (χ3v) is 4.96. The van der Waals surface area contributed by atoms with Crippen molar-refractivity contribution in [1.29, 1.82) is 0 Å². The van der Waals surface area contributed by atoms with Gasteiger partial charge in [0.1, 0.15) is 17.9 Å². The minimum Gasteiger partial charge on any atom is -0.489 e. The summed E-state index contributed by atoms with van der Waals surface area (Å²) < 4.78 is 52.0. The van der Waals surface area contributed by atoms with E-state index in [1.807, 2.05) is 36.4 Å². The summed E-state index contributed by atoms with van der Waals surface area (Å²) in [5.74, 6) is -1.08. The van der Waals surface area contributed by atoms with Gasteiger partial charge in [-0.15, -0.1) is 0 Å². The maximum absolute atomic E-state index is 13.7. The zero-order valence-electron chi connectivity index (χ0n) is 16.5. The van der Waals surface area contributed by atoms with Crippen LogP contribution in [0.3, 0.4) is 0 Å². The Morgan fingerprint density at radius 3 is 2.38 bits per heavy atom. The van der Waals surface area contributed by atoms with Crippen molar-refractivity contribution in [3.05, 3.63) is 105 Å². The monoisotopic (exact) mass is 456 g/mol. The van der Waals surface area contributed by atoms with Crippen LogP contribution < -0.4 is 10.2 Å². The number of ether oxygens (including phenoxy) is 1. The summed E-state index contributed by atoms with van der Waals surface area (Å²) in [4.78, 5) is 13.0. The molecule has 0 amide bonds. The third kappa shape index (κ3) is 4.70. The third-order valence-electron chi connectivity index (χ3n) is 4.71. The molecule has 0 N–H and O–H groups in total. The molecule has 0 fully saturated rings. The number of halogens is 4. The Kier molecular flexibility index (Phi) is 6.06. The molecule has 0 bridgehead atoms. The van der Waals surface area contributed by atoms with E-state index in [1.165, 1.54) is 42.5 Å². The van der Waals surface area contributed by atoms with E-state index in [0.717, 1.165) is 5.56 Å². The maximum atomic E-state index is 13.7. The first-order chi connectivity index (χ1) is 15.3. The summed E-state index contributed by atoms with van der Waals surface area (Å²) in [7, 11) is 0. The van der Waals surface area contributed by atoms with Crippen LogP contribution in [0.25, 0.3) is 28.2 Å². The molecule has 0 spiro atoms. The minimum absolute atomic E-state index is 0.0233. The first-order valence-electron chi connectivity index (χ1n) is 9.61. The van der Waals surface area contributed by atoms with E-state index in [4.69, 9.17) is 20.8 Å². The lowest BCUT2D eigenvalue weighted by Gasteiger charge is -2.13. The average molecular weight is 457 g/mol. The summed E-state index contributed by atoms with van der Waals surface area (Å²) in [6.45, 7) is 0.194. The van der Waals surface area contributed by atoms with Crippen molar-refractivity contribution in [1.82, 2.24) is 0 Å². The molecule has 0 saturated carbocycles. The fraction of sp³-hybridized carbons (Fsp3) is 0.0800. The summed E-state index contributed by atoms with van der Waals surface area (Å²) in [5.41, 5.74) is -0.476. The molecule has 0 saturated heterocycles. The Balaban J connectivity index is 1.69. The molecular formula is C25H16ClF3O3. The van der Waals surface area contributed by atoms with Crippen molar-refractivity contribution < 1.29 is 22.3 Å². The van der Waals surface area contributed by atoms with E-state index in [2.05, 4.69) is 0 Å². The molecule has 7 heteroatoms. The summed E-state index contributed by atoms with van der Waals surface area (Å²) >= 11 is 5.83. The highest BCUT2D eigenvalue weighted by Gasteiger charge is 2.39. The summed E-state index contributed by atoms with van der Waals surface area (Å²) in [6, 6.07) is 19.3. The van der Waals surface area contributed by atoms with Crippen LogP contribution in [-0.2, 0) is 6.18 Å². The first kappa shape index (κ1) is 21.7. The number of benzene rings is 3. The van der Waals surface area contributed by atoms with Gasteiger partial charge in [-0.25, -0.2) is 0 Å². The highest BCUT2D eigenvalue weighted by Crippen LogP contribution is 2.38. The van der Waals surface area contributed by atoms with Gasteiger partial charge in [0.25, 0.3) is 0 Å². The standard InChI is InChI=1S/C25H16ClF3O3/c26-18-10-8-17(9-11-18)22-23(30)20-13-12-19(15-21(20)32-24(22)25(27,28)29)31-14-4-7-16-5-2-1-3-6-16/h1-13,15H,14H2/b7-4+. The molecule has 0 aliphatic rings. The second-order valence-electron chi connectivity index (χ2n) is 6.92. The lowest BCUT2D eigenvalue weighted by molar-refractivity contribution is -0.152. The summed E-state index contributed by atoms with van der Waals surface area (Å²) in [5, 5.41) is 0.366. The van der Waals surface area contributed by atoms with Gasteiger partial charge in [0, 0.05) is 11.1 Å². The molecule has 1 heterocycles. The first-order valence-corrected chi connectivity index (χ1v) is 9.99. The number of hydrogen-bond donors (Lipinski definition) is 0. The van der Waals surface area contributed by atoms with Gasteiger partial charge in [0.05, 0.1) is 10.9 Å². The number of hydrogen-bond acceptors (Lipinski definition) is 3. The molecule has 0 unspecified atom stereocenters. The molecule has 3 nitrogen and oxygen atoms in total. The molecule has 32 heavy (non-hydrogen) atoms. The van der Waals surface area contributed by atoms with Gasteiger partial charge in [-0.3, -0.25) is 4.79 Å². The van der Waals surface area contributed by atoms with Crippen molar-refractivity contribution in [3.63, 3.8) is 0 Å². The normalized spacial score (nSPS) is 11.9. The topological polar surface area (TPSA) is 39.4 Å². The SMILES string of the molecule is O=c1c(-c2ccc(Cl)cc2)c(C(F)(F)F)oc2cc(OC/C=C/c3ccccc3)ccc12. The van der Waals surface area contributed by atoms with Crippen LogP contribution in [0, 0.1) is 0 Å². The van der Waals surface area contributed by atoms with Gasteiger partial charge in [-0.1, -0.05) is 60.1 Å². The number of fused-ring (bicyclic) bond motifs is 1. The number of rotatable bonds is 5. The van der Waals surface area contributed by atoms with Crippen LogP contribution in [0.5, 0.6) is 5.75 Å². The Morgan fingerprint density at radius 1 is 0.969 bits per heavy atom. The van der Waals surface area contributed by atoms with E-state index in [9.17, 15) is 18.0 Å². The van der Waals surface area contributed by atoms with E-state index < -0.39 is 22.9 Å².